The molecule has 0 spiro atoms. The van der Waals surface area contributed by atoms with Crippen LogP contribution < -0.4 is 0 Å². The summed E-state index contributed by atoms with van der Waals surface area (Å²) in [6, 6.07) is 0. The van der Waals surface area contributed by atoms with E-state index in [9.17, 15) is 0 Å². The van der Waals surface area contributed by atoms with E-state index in [-0.39, 0.29) is 0 Å². The van der Waals surface area contributed by atoms with Gasteiger partial charge in [0, 0.05) is 16.3 Å². The summed E-state index contributed by atoms with van der Waals surface area (Å²) in [5.41, 5.74) is 0. The Morgan fingerprint density at radius 3 is 2.44 bits per heavy atom. The summed E-state index contributed by atoms with van der Waals surface area (Å²) in [6.45, 7) is 2.28. The molecule has 9 heavy (non-hydrogen) atoms. The Kier molecular flexibility index (Phi) is 3.27. The maximum Gasteiger partial charge on any atom is 0.0138 e. The first-order valence-electron chi connectivity index (χ1n) is 3.63. The van der Waals surface area contributed by atoms with Gasteiger partial charge in [-0.25, -0.2) is 0 Å². The molecule has 1 rings (SSSR count). The van der Waals surface area contributed by atoms with Crippen LogP contribution in [0.5, 0.6) is 0 Å². The largest absolute Gasteiger partial charge is 0.178 e. The smallest absolute Gasteiger partial charge is 0.0138 e. The van der Waals surface area contributed by atoms with Gasteiger partial charge in [0.1, 0.15) is 0 Å². The number of rotatable bonds is 2. The molecule has 0 radical (unpaired) electrons. The molecule has 2 unspecified atom stereocenters. The Labute approximate surface area is 67.2 Å². The lowest BCUT2D eigenvalue weighted by Crippen LogP contribution is -1.97. The Morgan fingerprint density at radius 2 is 2.11 bits per heavy atom. The first-order chi connectivity index (χ1) is 4.36. The van der Waals surface area contributed by atoms with E-state index in [2.05, 4.69) is 31.3 Å². The van der Waals surface area contributed by atoms with E-state index < -0.39 is 0 Å². The molecule has 1 aliphatic heterocycles. The zero-order valence-corrected chi connectivity index (χ0v) is 7.55. The van der Waals surface area contributed by atoms with Crippen molar-refractivity contribution in [2.75, 3.05) is 5.75 Å². The molecule has 0 aromatic rings. The fraction of sp³-hybridized carbons (Fsp3) is 1.00. The maximum atomic E-state index is 4.27. The molecule has 2 atom stereocenters. The summed E-state index contributed by atoms with van der Waals surface area (Å²) in [7, 11) is 0. The minimum absolute atomic E-state index is 0.860. The molecule has 1 saturated heterocycles. The SMILES string of the molecule is CCC1CCC(CS)S1. The van der Waals surface area contributed by atoms with Crippen LogP contribution in [-0.4, -0.2) is 16.3 Å². The van der Waals surface area contributed by atoms with Crippen molar-refractivity contribution >= 4 is 24.4 Å². The lowest BCUT2D eigenvalue weighted by Gasteiger charge is -2.04. The van der Waals surface area contributed by atoms with Gasteiger partial charge in [0.15, 0.2) is 0 Å². The standard InChI is InChI=1S/C7H14S2/c1-2-6-3-4-7(5-8)9-6/h6-8H,2-5H2,1H3. The van der Waals surface area contributed by atoms with Crippen molar-refractivity contribution < 1.29 is 0 Å². The Bertz CT molecular complexity index is 73.0. The van der Waals surface area contributed by atoms with Gasteiger partial charge in [0.2, 0.25) is 0 Å². The van der Waals surface area contributed by atoms with Gasteiger partial charge in [0.05, 0.1) is 0 Å². The highest BCUT2D eigenvalue weighted by atomic mass is 32.2. The third-order valence-corrected chi connectivity index (χ3v) is 4.28. The first kappa shape index (κ1) is 7.80. The van der Waals surface area contributed by atoms with Gasteiger partial charge in [-0.05, 0) is 19.3 Å². The summed E-state index contributed by atoms with van der Waals surface area (Å²) in [5.74, 6) is 1.07. The molecule has 54 valence electrons. The van der Waals surface area contributed by atoms with Gasteiger partial charge in [-0.3, -0.25) is 0 Å². The minimum Gasteiger partial charge on any atom is -0.178 e. The zero-order valence-electron chi connectivity index (χ0n) is 5.84. The van der Waals surface area contributed by atoms with Gasteiger partial charge in [-0.2, -0.15) is 24.4 Å². The van der Waals surface area contributed by atoms with Crippen molar-refractivity contribution in [2.45, 2.75) is 36.7 Å². The van der Waals surface area contributed by atoms with Gasteiger partial charge >= 0.3 is 0 Å². The molecule has 0 amide bonds. The van der Waals surface area contributed by atoms with Crippen LogP contribution >= 0.6 is 24.4 Å². The third-order valence-electron chi connectivity index (χ3n) is 1.85. The second kappa shape index (κ2) is 3.77. The molecular weight excluding hydrogens is 148 g/mol. The van der Waals surface area contributed by atoms with Gasteiger partial charge in [0.25, 0.3) is 0 Å². The number of thioether (sulfide) groups is 1. The summed E-state index contributed by atoms with van der Waals surface area (Å²) in [4.78, 5) is 0. The highest BCUT2D eigenvalue weighted by Gasteiger charge is 2.21. The predicted octanol–water partition coefficient (Wildman–Crippen LogP) is 2.59. The van der Waals surface area contributed by atoms with E-state index in [0.29, 0.717) is 0 Å². The summed E-state index contributed by atoms with van der Waals surface area (Å²) in [5, 5.41) is 1.81. The third kappa shape index (κ3) is 2.08. The van der Waals surface area contributed by atoms with Crippen LogP contribution in [0.4, 0.5) is 0 Å². The summed E-state index contributed by atoms with van der Waals surface area (Å²) >= 11 is 6.41. The highest BCUT2D eigenvalue weighted by Crippen LogP contribution is 2.35. The van der Waals surface area contributed by atoms with Crippen LogP contribution in [0.1, 0.15) is 26.2 Å². The number of thiol groups is 1. The predicted molar refractivity (Wildman–Crippen MR) is 48.5 cm³/mol. The van der Waals surface area contributed by atoms with Crippen molar-refractivity contribution in [3.63, 3.8) is 0 Å². The molecule has 2 heteroatoms. The summed E-state index contributed by atoms with van der Waals surface area (Å²) in [6.07, 6.45) is 4.16. The van der Waals surface area contributed by atoms with Crippen molar-refractivity contribution in [1.82, 2.24) is 0 Å². The fourth-order valence-electron chi connectivity index (χ4n) is 1.21. The topological polar surface area (TPSA) is 0 Å². The molecule has 0 aromatic heterocycles. The molecule has 0 bridgehead atoms. The van der Waals surface area contributed by atoms with E-state index in [1.165, 1.54) is 19.3 Å². The Morgan fingerprint density at radius 1 is 1.44 bits per heavy atom. The number of hydrogen-bond acceptors (Lipinski definition) is 2. The van der Waals surface area contributed by atoms with Crippen molar-refractivity contribution in [3.05, 3.63) is 0 Å². The van der Waals surface area contributed by atoms with E-state index in [0.717, 1.165) is 16.3 Å². The van der Waals surface area contributed by atoms with Crippen LogP contribution in [0.3, 0.4) is 0 Å². The Balaban J connectivity index is 2.20. The van der Waals surface area contributed by atoms with Crippen molar-refractivity contribution in [1.29, 1.82) is 0 Å². The molecule has 0 aromatic carbocycles. The second-order valence-electron chi connectivity index (χ2n) is 2.55. The van der Waals surface area contributed by atoms with Gasteiger partial charge in [-0.15, -0.1) is 0 Å². The van der Waals surface area contributed by atoms with Crippen molar-refractivity contribution in [2.24, 2.45) is 0 Å². The van der Waals surface area contributed by atoms with E-state index in [1.54, 1.807) is 0 Å². The molecule has 0 aliphatic carbocycles. The van der Waals surface area contributed by atoms with Gasteiger partial charge in [-0.1, -0.05) is 6.92 Å². The first-order valence-corrected chi connectivity index (χ1v) is 5.20. The van der Waals surface area contributed by atoms with Crippen LogP contribution in [0.15, 0.2) is 0 Å². The monoisotopic (exact) mass is 162 g/mol. The summed E-state index contributed by atoms with van der Waals surface area (Å²) < 4.78 is 0. The van der Waals surface area contributed by atoms with E-state index in [4.69, 9.17) is 0 Å². The second-order valence-corrected chi connectivity index (χ2v) is 4.52. The van der Waals surface area contributed by atoms with Crippen LogP contribution in [0.25, 0.3) is 0 Å². The average Bonchev–Trinajstić information content (AvgIpc) is 2.34. The van der Waals surface area contributed by atoms with Crippen LogP contribution in [0, 0.1) is 0 Å². The number of hydrogen-bond donors (Lipinski definition) is 1. The zero-order chi connectivity index (χ0) is 6.69. The fourth-order valence-corrected chi connectivity index (χ4v) is 3.02. The normalized spacial score (nSPS) is 35.3. The molecule has 0 saturated carbocycles. The van der Waals surface area contributed by atoms with E-state index in [1.807, 2.05) is 0 Å². The van der Waals surface area contributed by atoms with Crippen LogP contribution in [0.2, 0.25) is 0 Å². The lowest BCUT2D eigenvalue weighted by atomic mass is 10.2. The van der Waals surface area contributed by atoms with Gasteiger partial charge < -0.3 is 0 Å². The quantitative estimate of drug-likeness (QED) is 0.609. The molecular formula is C7H14S2. The van der Waals surface area contributed by atoms with E-state index >= 15 is 0 Å². The maximum absolute atomic E-state index is 4.27. The molecule has 0 N–H and O–H groups in total. The van der Waals surface area contributed by atoms with Crippen LogP contribution in [-0.2, 0) is 0 Å². The van der Waals surface area contributed by atoms with Crippen molar-refractivity contribution in [3.8, 4) is 0 Å². The molecule has 1 fully saturated rings. The Hall–Kier alpha value is 0.700. The highest BCUT2D eigenvalue weighted by molar-refractivity contribution is 8.01. The molecule has 1 aliphatic rings. The lowest BCUT2D eigenvalue weighted by molar-refractivity contribution is 0.729. The average molecular weight is 162 g/mol. The molecule has 0 nitrogen and oxygen atoms in total. The molecule has 1 heterocycles. The minimum atomic E-state index is 0.860.